The molecule has 1 aromatic heterocycles. The highest BCUT2D eigenvalue weighted by atomic mass is 32.1. The van der Waals surface area contributed by atoms with Crippen molar-refractivity contribution in [1.29, 1.82) is 0 Å². The second-order valence-corrected chi connectivity index (χ2v) is 5.08. The molecule has 1 heterocycles. The molecule has 0 spiro atoms. The molecule has 0 saturated heterocycles. The molecule has 2 aromatic rings. The summed E-state index contributed by atoms with van der Waals surface area (Å²) in [6, 6.07) is 7.51. The summed E-state index contributed by atoms with van der Waals surface area (Å²) in [5.74, 6) is -0.131. The van der Waals surface area contributed by atoms with Crippen LogP contribution < -0.4 is 10.6 Å². The van der Waals surface area contributed by atoms with Gasteiger partial charge in [-0.15, -0.1) is 11.3 Å². The summed E-state index contributed by atoms with van der Waals surface area (Å²) < 4.78 is 0. The molecule has 100 valence electrons. The van der Waals surface area contributed by atoms with Gasteiger partial charge >= 0.3 is 0 Å². The number of anilines is 2. The molecule has 0 aliphatic carbocycles. The lowest BCUT2D eigenvalue weighted by molar-refractivity contribution is 0.102. The molecule has 1 aromatic carbocycles. The van der Waals surface area contributed by atoms with Crippen LogP contribution in [0, 0.1) is 6.92 Å². The van der Waals surface area contributed by atoms with Crippen molar-refractivity contribution in [2.24, 2.45) is 0 Å². The monoisotopic (exact) mass is 275 g/mol. The van der Waals surface area contributed by atoms with Gasteiger partial charge in [0.1, 0.15) is 0 Å². The molecule has 0 fully saturated rings. The van der Waals surface area contributed by atoms with Crippen LogP contribution in [0.25, 0.3) is 0 Å². The fourth-order valence-corrected chi connectivity index (χ4v) is 2.35. The van der Waals surface area contributed by atoms with Gasteiger partial charge in [-0.3, -0.25) is 10.1 Å². The summed E-state index contributed by atoms with van der Waals surface area (Å²) in [6.07, 6.45) is 1.02. The van der Waals surface area contributed by atoms with Crippen molar-refractivity contribution >= 4 is 28.1 Å². The SMILES string of the molecule is CCCNc1ccccc1C(=O)Nc1nc(C)cs1. The maximum Gasteiger partial charge on any atom is 0.259 e. The van der Waals surface area contributed by atoms with Crippen LogP contribution in [0.15, 0.2) is 29.6 Å². The van der Waals surface area contributed by atoms with Crippen LogP contribution in [-0.2, 0) is 0 Å². The van der Waals surface area contributed by atoms with Crippen molar-refractivity contribution in [2.45, 2.75) is 20.3 Å². The Morgan fingerprint density at radius 3 is 2.84 bits per heavy atom. The molecule has 2 rings (SSSR count). The zero-order chi connectivity index (χ0) is 13.7. The van der Waals surface area contributed by atoms with Crippen LogP contribution in [0.5, 0.6) is 0 Å². The minimum Gasteiger partial charge on any atom is -0.384 e. The Hall–Kier alpha value is -1.88. The smallest absolute Gasteiger partial charge is 0.259 e. The Bertz CT molecular complexity index is 565. The largest absolute Gasteiger partial charge is 0.384 e. The van der Waals surface area contributed by atoms with E-state index in [-0.39, 0.29) is 5.91 Å². The Morgan fingerprint density at radius 2 is 2.16 bits per heavy atom. The van der Waals surface area contributed by atoms with E-state index in [4.69, 9.17) is 0 Å². The number of nitrogens with one attached hydrogen (secondary N) is 2. The Labute approximate surface area is 116 Å². The average Bonchev–Trinajstić information content (AvgIpc) is 2.82. The molecule has 5 heteroatoms. The van der Waals surface area contributed by atoms with Crippen molar-refractivity contribution in [3.8, 4) is 0 Å². The normalized spacial score (nSPS) is 10.2. The maximum absolute atomic E-state index is 12.2. The number of hydrogen-bond donors (Lipinski definition) is 2. The van der Waals surface area contributed by atoms with E-state index in [1.807, 2.05) is 36.6 Å². The topological polar surface area (TPSA) is 54.0 Å². The molecule has 0 unspecified atom stereocenters. The van der Waals surface area contributed by atoms with Gasteiger partial charge in [-0.05, 0) is 25.5 Å². The van der Waals surface area contributed by atoms with Crippen LogP contribution in [0.2, 0.25) is 0 Å². The predicted octanol–water partition coefficient (Wildman–Crippen LogP) is 3.53. The Balaban J connectivity index is 2.14. The van der Waals surface area contributed by atoms with E-state index in [1.54, 1.807) is 0 Å². The average molecular weight is 275 g/mol. The third-order valence-corrected chi connectivity index (χ3v) is 3.45. The maximum atomic E-state index is 12.2. The minimum absolute atomic E-state index is 0.131. The molecule has 0 aliphatic heterocycles. The second kappa shape index (κ2) is 6.33. The minimum atomic E-state index is -0.131. The van der Waals surface area contributed by atoms with E-state index in [0.29, 0.717) is 10.7 Å². The lowest BCUT2D eigenvalue weighted by Gasteiger charge is -2.10. The van der Waals surface area contributed by atoms with E-state index in [2.05, 4.69) is 22.5 Å². The summed E-state index contributed by atoms with van der Waals surface area (Å²) >= 11 is 1.43. The first-order valence-corrected chi connectivity index (χ1v) is 7.15. The quantitative estimate of drug-likeness (QED) is 0.877. The number of amides is 1. The van der Waals surface area contributed by atoms with Gasteiger partial charge in [-0.1, -0.05) is 19.1 Å². The molecule has 0 aliphatic rings. The second-order valence-electron chi connectivity index (χ2n) is 4.22. The Morgan fingerprint density at radius 1 is 1.37 bits per heavy atom. The molecule has 2 N–H and O–H groups in total. The zero-order valence-electron chi connectivity index (χ0n) is 11.1. The van der Waals surface area contributed by atoms with Gasteiger partial charge in [-0.25, -0.2) is 4.98 Å². The van der Waals surface area contributed by atoms with Gasteiger partial charge in [-0.2, -0.15) is 0 Å². The first kappa shape index (κ1) is 13.5. The number of aromatic nitrogens is 1. The Kier molecular flexibility index (Phi) is 4.52. The molecule has 0 bridgehead atoms. The highest BCUT2D eigenvalue weighted by Crippen LogP contribution is 2.19. The van der Waals surface area contributed by atoms with Gasteiger partial charge in [0.25, 0.3) is 5.91 Å². The standard InChI is InChI=1S/C14H17N3OS/c1-3-8-15-12-7-5-4-6-11(12)13(18)17-14-16-10(2)9-19-14/h4-7,9,15H,3,8H2,1-2H3,(H,16,17,18). The van der Waals surface area contributed by atoms with Gasteiger partial charge < -0.3 is 5.32 Å². The predicted molar refractivity (Wildman–Crippen MR) is 80.0 cm³/mol. The summed E-state index contributed by atoms with van der Waals surface area (Å²) in [4.78, 5) is 16.5. The molecule has 1 amide bonds. The van der Waals surface area contributed by atoms with E-state index >= 15 is 0 Å². The molecule has 0 atom stereocenters. The number of hydrogen-bond acceptors (Lipinski definition) is 4. The third-order valence-electron chi connectivity index (χ3n) is 2.58. The number of benzene rings is 1. The summed E-state index contributed by atoms with van der Waals surface area (Å²) in [6.45, 7) is 4.84. The van der Waals surface area contributed by atoms with Crippen LogP contribution in [0.4, 0.5) is 10.8 Å². The molecule has 0 radical (unpaired) electrons. The number of rotatable bonds is 5. The molecule has 4 nitrogen and oxygen atoms in total. The number of nitrogens with zero attached hydrogens (tertiary/aromatic N) is 1. The van der Waals surface area contributed by atoms with Gasteiger partial charge in [0.05, 0.1) is 11.3 Å². The first-order valence-electron chi connectivity index (χ1n) is 6.27. The van der Waals surface area contributed by atoms with E-state index < -0.39 is 0 Å². The van der Waals surface area contributed by atoms with Crippen LogP contribution in [0.1, 0.15) is 29.4 Å². The highest BCUT2D eigenvalue weighted by Gasteiger charge is 2.12. The molecule has 0 saturated carbocycles. The van der Waals surface area contributed by atoms with Crippen LogP contribution in [-0.4, -0.2) is 17.4 Å². The van der Waals surface area contributed by atoms with Crippen molar-refractivity contribution in [3.63, 3.8) is 0 Å². The van der Waals surface area contributed by atoms with Gasteiger partial charge in [0.15, 0.2) is 5.13 Å². The summed E-state index contributed by atoms with van der Waals surface area (Å²) in [5, 5.41) is 8.63. The zero-order valence-corrected chi connectivity index (χ0v) is 11.9. The number of thiazole rings is 1. The lowest BCUT2D eigenvalue weighted by atomic mass is 10.1. The number of carbonyl (C=O) groups is 1. The number of carbonyl (C=O) groups excluding carboxylic acids is 1. The van der Waals surface area contributed by atoms with Crippen molar-refractivity contribution in [2.75, 3.05) is 17.2 Å². The molecular weight excluding hydrogens is 258 g/mol. The van der Waals surface area contributed by atoms with Crippen molar-refractivity contribution < 1.29 is 4.79 Å². The fraction of sp³-hybridized carbons (Fsp3) is 0.286. The van der Waals surface area contributed by atoms with E-state index in [0.717, 1.165) is 24.3 Å². The lowest BCUT2D eigenvalue weighted by Crippen LogP contribution is -2.15. The van der Waals surface area contributed by atoms with Crippen molar-refractivity contribution in [1.82, 2.24) is 4.98 Å². The van der Waals surface area contributed by atoms with Crippen molar-refractivity contribution in [3.05, 3.63) is 40.9 Å². The van der Waals surface area contributed by atoms with E-state index in [9.17, 15) is 4.79 Å². The summed E-state index contributed by atoms with van der Waals surface area (Å²) in [5.41, 5.74) is 2.41. The van der Waals surface area contributed by atoms with Crippen LogP contribution >= 0.6 is 11.3 Å². The van der Waals surface area contributed by atoms with Gasteiger partial charge in [0.2, 0.25) is 0 Å². The molecule has 19 heavy (non-hydrogen) atoms. The molecular formula is C14H17N3OS. The van der Waals surface area contributed by atoms with E-state index in [1.165, 1.54) is 11.3 Å². The highest BCUT2D eigenvalue weighted by molar-refractivity contribution is 7.13. The van der Waals surface area contributed by atoms with Crippen LogP contribution in [0.3, 0.4) is 0 Å². The number of aryl methyl sites for hydroxylation is 1. The number of para-hydroxylation sites is 1. The van der Waals surface area contributed by atoms with Gasteiger partial charge in [0, 0.05) is 17.6 Å². The first-order chi connectivity index (χ1) is 9.20. The fourth-order valence-electron chi connectivity index (χ4n) is 1.67. The third kappa shape index (κ3) is 3.54. The summed E-state index contributed by atoms with van der Waals surface area (Å²) in [7, 11) is 0.